The quantitative estimate of drug-likeness (QED) is 0.693. The highest BCUT2D eigenvalue weighted by molar-refractivity contribution is 6.30. The zero-order chi connectivity index (χ0) is 21.1. The molecule has 1 aliphatic heterocycles. The standard InChI is InChI=1S/C22H22ClN5O2/c1-15-24-20(26-28(15)19-11-9-17(23)10-12-19)22(30)27-13-5-6-16(14-27)21(29)25-18-7-3-2-4-8-18/h2-4,7-12,16H,5-6,13-14H2,1H3,(H,25,29). The number of aromatic nitrogens is 3. The van der Waals surface area contributed by atoms with E-state index in [1.165, 1.54) is 0 Å². The molecule has 1 aromatic heterocycles. The van der Waals surface area contributed by atoms with Crippen LogP contribution in [0.15, 0.2) is 54.6 Å². The van der Waals surface area contributed by atoms with E-state index in [9.17, 15) is 9.59 Å². The van der Waals surface area contributed by atoms with Crippen LogP contribution in [0.1, 0.15) is 29.3 Å². The molecule has 1 unspecified atom stereocenters. The van der Waals surface area contributed by atoms with Crippen molar-refractivity contribution >= 4 is 29.1 Å². The van der Waals surface area contributed by atoms with Crippen LogP contribution in [-0.4, -0.2) is 44.6 Å². The van der Waals surface area contributed by atoms with Gasteiger partial charge in [-0.15, -0.1) is 5.10 Å². The van der Waals surface area contributed by atoms with Crippen LogP contribution in [0, 0.1) is 12.8 Å². The number of likely N-dealkylation sites (tertiary alicyclic amines) is 1. The number of rotatable bonds is 4. The average Bonchev–Trinajstić information content (AvgIpc) is 3.16. The van der Waals surface area contributed by atoms with Gasteiger partial charge in [-0.05, 0) is 56.2 Å². The number of aryl methyl sites for hydroxylation is 1. The number of anilines is 1. The number of carbonyl (C=O) groups is 2. The molecular formula is C22H22ClN5O2. The van der Waals surface area contributed by atoms with E-state index < -0.39 is 0 Å². The van der Waals surface area contributed by atoms with Gasteiger partial charge in [-0.25, -0.2) is 9.67 Å². The van der Waals surface area contributed by atoms with Crippen molar-refractivity contribution in [3.63, 3.8) is 0 Å². The predicted octanol–water partition coefficient (Wildman–Crippen LogP) is 3.72. The third-order valence-corrected chi connectivity index (χ3v) is 5.40. The monoisotopic (exact) mass is 423 g/mol. The van der Waals surface area contributed by atoms with E-state index in [2.05, 4.69) is 15.4 Å². The third kappa shape index (κ3) is 4.36. The summed E-state index contributed by atoms with van der Waals surface area (Å²) in [7, 11) is 0. The van der Waals surface area contributed by atoms with Gasteiger partial charge in [0.05, 0.1) is 11.6 Å². The molecule has 0 radical (unpaired) electrons. The van der Waals surface area contributed by atoms with Crippen molar-refractivity contribution in [3.05, 3.63) is 71.3 Å². The van der Waals surface area contributed by atoms with Gasteiger partial charge < -0.3 is 10.2 Å². The first-order valence-corrected chi connectivity index (χ1v) is 10.2. The highest BCUT2D eigenvalue weighted by atomic mass is 35.5. The number of para-hydroxylation sites is 1. The van der Waals surface area contributed by atoms with E-state index in [4.69, 9.17) is 11.6 Å². The van der Waals surface area contributed by atoms with Gasteiger partial charge in [-0.1, -0.05) is 29.8 Å². The fourth-order valence-corrected chi connectivity index (χ4v) is 3.72. The normalized spacial score (nSPS) is 16.3. The van der Waals surface area contributed by atoms with Crippen molar-refractivity contribution < 1.29 is 9.59 Å². The molecule has 3 aromatic rings. The molecule has 0 aliphatic carbocycles. The Hall–Kier alpha value is -3.19. The highest BCUT2D eigenvalue weighted by Crippen LogP contribution is 2.21. The summed E-state index contributed by atoms with van der Waals surface area (Å²) in [6.45, 7) is 2.74. The maximum Gasteiger partial charge on any atom is 0.293 e. The van der Waals surface area contributed by atoms with E-state index in [0.29, 0.717) is 23.9 Å². The Bertz CT molecular complexity index is 1050. The van der Waals surface area contributed by atoms with Crippen LogP contribution in [0.5, 0.6) is 0 Å². The summed E-state index contributed by atoms with van der Waals surface area (Å²) < 4.78 is 1.62. The Morgan fingerprint density at radius 3 is 2.57 bits per heavy atom. The lowest BCUT2D eigenvalue weighted by Gasteiger charge is -2.31. The molecule has 1 fully saturated rings. The maximum atomic E-state index is 13.0. The number of piperidine rings is 1. The molecule has 0 bridgehead atoms. The Kier molecular flexibility index (Phi) is 5.81. The van der Waals surface area contributed by atoms with Crippen LogP contribution in [0.2, 0.25) is 5.02 Å². The molecule has 1 atom stereocenters. The molecule has 2 heterocycles. The number of hydrogen-bond acceptors (Lipinski definition) is 4. The largest absolute Gasteiger partial charge is 0.335 e. The summed E-state index contributed by atoms with van der Waals surface area (Å²) in [6.07, 6.45) is 1.50. The first-order chi connectivity index (χ1) is 14.5. The van der Waals surface area contributed by atoms with Gasteiger partial charge in [0.2, 0.25) is 11.7 Å². The van der Waals surface area contributed by atoms with Gasteiger partial charge in [-0.2, -0.15) is 0 Å². The molecule has 1 N–H and O–H groups in total. The first-order valence-electron chi connectivity index (χ1n) is 9.86. The second kappa shape index (κ2) is 8.67. The molecule has 30 heavy (non-hydrogen) atoms. The van der Waals surface area contributed by atoms with E-state index in [1.807, 2.05) is 42.5 Å². The number of carbonyl (C=O) groups excluding carboxylic acids is 2. The number of amides is 2. The van der Waals surface area contributed by atoms with Crippen molar-refractivity contribution in [2.75, 3.05) is 18.4 Å². The topological polar surface area (TPSA) is 80.1 Å². The fraction of sp³-hybridized carbons (Fsp3) is 0.273. The van der Waals surface area contributed by atoms with Gasteiger partial charge in [-0.3, -0.25) is 9.59 Å². The molecule has 0 spiro atoms. The van der Waals surface area contributed by atoms with E-state index in [0.717, 1.165) is 24.2 Å². The fourth-order valence-electron chi connectivity index (χ4n) is 3.59. The molecular weight excluding hydrogens is 402 g/mol. The van der Waals surface area contributed by atoms with E-state index >= 15 is 0 Å². The molecule has 1 saturated heterocycles. The third-order valence-electron chi connectivity index (χ3n) is 5.15. The second-order valence-corrected chi connectivity index (χ2v) is 7.75. The van der Waals surface area contributed by atoms with Crippen LogP contribution < -0.4 is 5.32 Å². The SMILES string of the molecule is Cc1nc(C(=O)N2CCCC(C(=O)Nc3ccccc3)C2)nn1-c1ccc(Cl)cc1. The minimum Gasteiger partial charge on any atom is -0.335 e. The maximum absolute atomic E-state index is 13.0. The molecule has 1 aliphatic rings. The minimum absolute atomic E-state index is 0.0745. The Morgan fingerprint density at radius 1 is 1.10 bits per heavy atom. The van der Waals surface area contributed by atoms with Crippen molar-refractivity contribution in [3.8, 4) is 5.69 Å². The first kappa shape index (κ1) is 20.1. The molecule has 4 rings (SSSR count). The van der Waals surface area contributed by atoms with Crippen molar-refractivity contribution in [1.82, 2.24) is 19.7 Å². The van der Waals surface area contributed by atoms with Crippen LogP contribution >= 0.6 is 11.6 Å². The van der Waals surface area contributed by atoms with Gasteiger partial charge in [0.15, 0.2) is 0 Å². The predicted molar refractivity (Wildman–Crippen MR) is 115 cm³/mol. The van der Waals surface area contributed by atoms with Crippen molar-refractivity contribution in [2.45, 2.75) is 19.8 Å². The minimum atomic E-state index is -0.262. The lowest BCUT2D eigenvalue weighted by molar-refractivity contribution is -0.121. The Labute approximate surface area is 179 Å². The number of halogens is 1. The number of nitrogens with one attached hydrogen (secondary N) is 1. The smallest absolute Gasteiger partial charge is 0.293 e. The number of hydrogen-bond donors (Lipinski definition) is 1. The number of nitrogens with zero attached hydrogens (tertiary/aromatic N) is 4. The van der Waals surface area contributed by atoms with Gasteiger partial charge >= 0.3 is 0 Å². The molecule has 2 amide bonds. The zero-order valence-electron chi connectivity index (χ0n) is 16.6. The van der Waals surface area contributed by atoms with Gasteiger partial charge in [0.25, 0.3) is 5.91 Å². The summed E-state index contributed by atoms with van der Waals surface area (Å²) in [5, 5.41) is 7.95. The van der Waals surface area contributed by atoms with Crippen LogP contribution in [0.4, 0.5) is 5.69 Å². The molecule has 7 nitrogen and oxygen atoms in total. The van der Waals surface area contributed by atoms with E-state index in [1.54, 1.807) is 28.6 Å². The lowest BCUT2D eigenvalue weighted by Crippen LogP contribution is -2.44. The number of benzene rings is 2. The average molecular weight is 424 g/mol. The summed E-state index contributed by atoms with van der Waals surface area (Å²) in [6, 6.07) is 16.5. The van der Waals surface area contributed by atoms with Crippen LogP contribution in [0.25, 0.3) is 5.69 Å². The highest BCUT2D eigenvalue weighted by Gasteiger charge is 2.31. The van der Waals surface area contributed by atoms with Crippen molar-refractivity contribution in [1.29, 1.82) is 0 Å². The van der Waals surface area contributed by atoms with E-state index in [-0.39, 0.29) is 23.6 Å². The van der Waals surface area contributed by atoms with Gasteiger partial charge in [0.1, 0.15) is 5.82 Å². The Balaban J connectivity index is 1.46. The Morgan fingerprint density at radius 2 is 1.83 bits per heavy atom. The summed E-state index contributed by atoms with van der Waals surface area (Å²) in [5.41, 5.74) is 1.53. The molecule has 0 saturated carbocycles. The lowest BCUT2D eigenvalue weighted by atomic mass is 9.97. The summed E-state index contributed by atoms with van der Waals surface area (Å²) in [4.78, 5) is 31.7. The summed E-state index contributed by atoms with van der Waals surface area (Å²) >= 11 is 5.95. The molecule has 2 aromatic carbocycles. The van der Waals surface area contributed by atoms with Crippen LogP contribution in [-0.2, 0) is 4.79 Å². The van der Waals surface area contributed by atoms with Crippen molar-refractivity contribution in [2.24, 2.45) is 5.92 Å². The molecule has 8 heteroatoms. The van der Waals surface area contributed by atoms with Crippen LogP contribution in [0.3, 0.4) is 0 Å². The zero-order valence-corrected chi connectivity index (χ0v) is 17.3. The van der Waals surface area contributed by atoms with Gasteiger partial charge in [0, 0.05) is 23.8 Å². The summed E-state index contributed by atoms with van der Waals surface area (Å²) in [5.74, 6) is 0.141. The molecule has 154 valence electrons. The second-order valence-electron chi connectivity index (χ2n) is 7.32.